The zero-order valence-electron chi connectivity index (χ0n) is 9.57. The molecule has 0 aromatic heterocycles. The Bertz CT molecular complexity index is 539. The molecule has 1 aliphatic rings. The predicted octanol–water partition coefficient (Wildman–Crippen LogP) is 2.41. The van der Waals surface area contributed by atoms with Gasteiger partial charge in [-0.3, -0.25) is 0 Å². The Morgan fingerprint density at radius 2 is 1.35 bits per heavy atom. The molecule has 0 bridgehead atoms. The van der Waals surface area contributed by atoms with E-state index in [2.05, 4.69) is 11.3 Å². The first-order chi connectivity index (χ1) is 8.15. The Labute approximate surface area is 101 Å². The second kappa shape index (κ2) is 3.42. The summed E-state index contributed by atoms with van der Waals surface area (Å²) < 4.78 is 0. The highest BCUT2D eigenvalue weighted by Crippen LogP contribution is 2.40. The number of rotatable bonds is 0. The smallest absolute Gasteiger partial charge is 0.0546 e. The van der Waals surface area contributed by atoms with Gasteiger partial charge in [-0.25, -0.2) is 0 Å². The lowest BCUT2D eigenvalue weighted by Crippen LogP contribution is -2.18. The van der Waals surface area contributed by atoms with Gasteiger partial charge < -0.3 is 16.4 Å². The normalized spacial score (nSPS) is 13.1. The Hall–Kier alpha value is -2.16. The van der Waals surface area contributed by atoms with E-state index in [0.717, 1.165) is 33.9 Å². The van der Waals surface area contributed by atoms with E-state index in [4.69, 9.17) is 11.5 Å². The van der Waals surface area contributed by atoms with Crippen LogP contribution in [0.25, 0.3) is 0 Å². The quantitative estimate of drug-likeness (QED) is 0.674. The topological polar surface area (TPSA) is 55.3 Å². The Kier molecular flexibility index (Phi) is 2.01. The Balaban J connectivity index is 2.18. The summed E-state index contributed by atoms with van der Waals surface area (Å²) >= 11 is 0. The molecule has 0 unspecified atom stereocenters. The maximum Gasteiger partial charge on any atom is 0.0546 e. The summed E-state index contributed by atoms with van der Waals surface area (Å²) in [7, 11) is 2.01. The molecule has 1 aliphatic heterocycles. The van der Waals surface area contributed by atoms with E-state index in [-0.39, 0.29) is 0 Å². The number of nitrogens with zero attached hydrogens (tertiary/aromatic N) is 1. The van der Waals surface area contributed by atoms with Crippen molar-refractivity contribution in [1.29, 1.82) is 0 Å². The van der Waals surface area contributed by atoms with Gasteiger partial charge in [0.25, 0.3) is 0 Å². The Morgan fingerprint density at radius 1 is 0.882 bits per heavy atom. The molecule has 0 atom stereocenters. The number of hydrogen-bond acceptors (Lipinski definition) is 3. The molecule has 84 valence electrons. The summed E-state index contributed by atoms with van der Waals surface area (Å²) in [4.78, 5) is 2.09. The third-order valence-corrected chi connectivity index (χ3v) is 3.04. The second-order valence-electron chi connectivity index (χ2n) is 4.24. The van der Waals surface area contributed by atoms with Crippen LogP contribution < -0.4 is 16.4 Å². The van der Waals surface area contributed by atoms with Crippen LogP contribution in [-0.2, 0) is 0 Å². The summed E-state index contributed by atoms with van der Waals surface area (Å²) in [6.45, 7) is 0. The average molecular weight is 223 g/mol. The lowest BCUT2D eigenvalue weighted by atomic mass is 9.95. The van der Waals surface area contributed by atoms with Crippen molar-refractivity contribution in [3.63, 3.8) is 0 Å². The van der Waals surface area contributed by atoms with Crippen molar-refractivity contribution < 1.29 is 0 Å². The van der Waals surface area contributed by atoms with E-state index >= 15 is 0 Å². The third kappa shape index (κ3) is 1.51. The van der Waals surface area contributed by atoms with Crippen molar-refractivity contribution >= 4 is 22.7 Å². The number of nitrogens with two attached hydrogens (primary N) is 2. The van der Waals surface area contributed by atoms with Crippen molar-refractivity contribution in [3.8, 4) is 0 Å². The fraction of sp³-hybridized carbons (Fsp3) is 0.0714. The second-order valence-corrected chi connectivity index (χ2v) is 4.24. The highest BCUT2D eigenvalue weighted by atomic mass is 15.1. The van der Waals surface area contributed by atoms with Crippen LogP contribution >= 0.6 is 0 Å². The largest absolute Gasteiger partial charge is 0.399 e. The average Bonchev–Trinajstić information content (AvgIpc) is 2.32. The first kappa shape index (κ1) is 10.0. The van der Waals surface area contributed by atoms with Gasteiger partial charge in [-0.1, -0.05) is 12.1 Å². The molecule has 3 heteroatoms. The zero-order chi connectivity index (χ0) is 12.0. The SMILES string of the molecule is CN1c2cc(N)ccc2[C]c2ccc(N)cc21. The van der Waals surface area contributed by atoms with Crippen LogP contribution in [0.5, 0.6) is 0 Å². The minimum Gasteiger partial charge on any atom is -0.399 e. The number of fused-ring (bicyclic) bond motifs is 2. The summed E-state index contributed by atoms with van der Waals surface area (Å²) in [6.07, 6.45) is 3.37. The predicted molar refractivity (Wildman–Crippen MR) is 71.2 cm³/mol. The standard InChI is InChI=1S/C14H13N3/c1-17-13-7-11(15)4-2-9(13)6-10-3-5-12(16)8-14(10)17/h2-5,7-8H,15-16H2,1H3. The van der Waals surface area contributed by atoms with Gasteiger partial charge in [0.1, 0.15) is 0 Å². The van der Waals surface area contributed by atoms with Crippen LogP contribution in [-0.4, -0.2) is 7.05 Å². The van der Waals surface area contributed by atoms with Crippen LogP contribution in [0.1, 0.15) is 11.1 Å². The molecule has 0 saturated carbocycles. The molecule has 2 aromatic carbocycles. The minimum absolute atomic E-state index is 0.754. The zero-order valence-corrected chi connectivity index (χ0v) is 9.57. The van der Waals surface area contributed by atoms with Gasteiger partial charge in [0.15, 0.2) is 0 Å². The molecule has 2 radical (unpaired) electrons. The molecule has 17 heavy (non-hydrogen) atoms. The molecular formula is C14H13N3. The van der Waals surface area contributed by atoms with Gasteiger partial charge in [-0.05, 0) is 35.4 Å². The van der Waals surface area contributed by atoms with E-state index in [1.54, 1.807) is 0 Å². The number of benzene rings is 2. The summed E-state index contributed by atoms with van der Waals surface area (Å²) in [5.74, 6) is 0. The molecule has 0 fully saturated rings. The van der Waals surface area contributed by atoms with Gasteiger partial charge in [0.2, 0.25) is 0 Å². The van der Waals surface area contributed by atoms with Gasteiger partial charge >= 0.3 is 0 Å². The number of hydrogen-bond donors (Lipinski definition) is 2. The van der Waals surface area contributed by atoms with Crippen molar-refractivity contribution in [1.82, 2.24) is 0 Å². The lowest BCUT2D eigenvalue weighted by molar-refractivity contribution is 1.14. The van der Waals surface area contributed by atoms with E-state index < -0.39 is 0 Å². The van der Waals surface area contributed by atoms with Crippen molar-refractivity contribution in [2.24, 2.45) is 0 Å². The fourth-order valence-electron chi connectivity index (χ4n) is 2.14. The molecule has 0 saturated heterocycles. The molecule has 0 aliphatic carbocycles. The van der Waals surface area contributed by atoms with Gasteiger partial charge in [0, 0.05) is 29.8 Å². The van der Waals surface area contributed by atoms with E-state index in [1.165, 1.54) is 0 Å². The van der Waals surface area contributed by atoms with E-state index in [9.17, 15) is 0 Å². The van der Waals surface area contributed by atoms with Crippen molar-refractivity contribution in [2.75, 3.05) is 23.4 Å². The minimum atomic E-state index is 0.754. The maximum absolute atomic E-state index is 5.81. The summed E-state index contributed by atoms with van der Waals surface area (Å²) in [5, 5.41) is 0. The molecule has 0 spiro atoms. The fourth-order valence-corrected chi connectivity index (χ4v) is 2.14. The molecule has 2 aromatic rings. The monoisotopic (exact) mass is 223 g/mol. The number of anilines is 4. The molecule has 0 amide bonds. The molecule has 3 nitrogen and oxygen atoms in total. The van der Waals surface area contributed by atoms with Crippen molar-refractivity contribution in [3.05, 3.63) is 53.9 Å². The van der Waals surface area contributed by atoms with E-state index in [1.807, 2.05) is 43.4 Å². The Morgan fingerprint density at radius 3 is 1.82 bits per heavy atom. The third-order valence-electron chi connectivity index (χ3n) is 3.04. The van der Waals surface area contributed by atoms with Crippen LogP contribution in [0.15, 0.2) is 36.4 Å². The van der Waals surface area contributed by atoms with E-state index in [0.29, 0.717) is 0 Å². The first-order valence-corrected chi connectivity index (χ1v) is 5.45. The summed E-state index contributed by atoms with van der Waals surface area (Å²) in [5.41, 5.74) is 17.4. The number of nitrogen functional groups attached to an aromatic ring is 2. The van der Waals surface area contributed by atoms with Crippen molar-refractivity contribution in [2.45, 2.75) is 0 Å². The van der Waals surface area contributed by atoms with Crippen LogP contribution in [0.4, 0.5) is 22.7 Å². The molecule has 4 N–H and O–H groups in total. The first-order valence-electron chi connectivity index (χ1n) is 5.45. The summed E-state index contributed by atoms with van der Waals surface area (Å²) in [6, 6.07) is 11.7. The molecule has 3 rings (SSSR count). The van der Waals surface area contributed by atoms with Crippen LogP contribution in [0.3, 0.4) is 0 Å². The molecular weight excluding hydrogens is 210 g/mol. The van der Waals surface area contributed by atoms with Gasteiger partial charge in [-0.2, -0.15) is 0 Å². The van der Waals surface area contributed by atoms with Crippen LogP contribution in [0, 0.1) is 6.42 Å². The highest BCUT2D eigenvalue weighted by Gasteiger charge is 2.20. The maximum atomic E-state index is 5.81. The van der Waals surface area contributed by atoms with Gasteiger partial charge in [-0.15, -0.1) is 0 Å². The highest BCUT2D eigenvalue weighted by molar-refractivity contribution is 5.81. The van der Waals surface area contributed by atoms with Crippen LogP contribution in [0.2, 0.25) is 0 Å². The molecule has 1 heterocycles. The lowest BCUT2D eigenvalue weighted by Gasteiger charge is -2.30. The van der Waals surface area contributed by atoms with Gasteiger partial charge in [0.05, 0.1) is 6.42 Å².